The molecule has 0 aliphatic carbocycles. The van der Waals surface area contributed by atoms with Crippen LogP contribution in [0.4, 0.5) is 0 Å². The number of likely N-dealkylation sites (tertiary alicyclic amines) is 1. The van der Waals surface area contributed by atoms with Crippen LogP contribution in [-0.2, 0) is 12.1 Å². The number of nitrogens with zero attached hydrogens (tertiary/aromatic N) is 4. The summed E-state index contributed by atoms with van der Waals surface area (Å²) in [4.78, 5) is 12.0. The zero-order valence-electron chi connectivity index (χ0n) is 15.5. The summed E-state index contributed by atoms with van der Waals surface area (Å²) in [5.41, 5.74) is 1.07. The van der Waals surface area contributed by atoms with Gasteiger partial charge in [-0.3, -0.25) is 10.00 Å². The van der Waals surface area contributed by atoms with Crippen molar-refractivity contribution >= 4 is 33.8 Å². The number of thiazole rings is 1. The monoisotopic (exact) mass is 387 g/mol. The average molecular weight is 388 g/mol. The molecule has 138 valence electrons. The number of aromatic nitrogens is 4. The van der Waals surface area contributed by atoms with Gasteiger partial charge in [0.2, 0.25) is 4.77 Å². The summed E-state index contributed by atoms with van der Waals surface area (Å²) in [6, 6.07) is 8.75. The lowest BCUT2D eigenvalue weighted by Gasteiger charge is -2.34. The number of aromatic amines is 1. The van der Waals surface area contributed by atoms with Crippen molar-refractivity contribution in [3.8, 4) is 0 Å². The Kier molecular flexibility index (Phi) is 4.71. The van der Waals surface area contributed by atoms with Crippen molar-refractivity contribution in [2.45, 2.75) is 58.2 Å². The number of para-hydroxylation sites is 1. The van der Waals surface area contributed by atoms with Gasteiger partial charge < -0.3 is 0 Å². The molecule has 1 fully saturated rings. The fraction of sp³-hybridized carbons (Fsp3) is 0.526. The highest BCUT2D eigenvalue weighted by Gasteiger charge is 2.28. The van der Waals surface area contributed by atoms with E-state index in [-0.39, 0.29) is 5.41 Å². The number of benzene rings is 1. The summed E-state index contributed by atoms with van der Waals surface area (Å²) in [5.74, 6) is 0.941. The summed E-state index contributed by atoms with van der Waals surface area (Å²) in [5, 5.41) is 4.63. The van der Waals surface area contributed by atoms with Gasteiger partial charge in [0.1, 0.15) is 10.8 Å². The molecule has 3 heterocycles. The number of H-pyrrole nitrogens is 1. The molecule has 1 aliphatic rings. The minimum Gasteiger partial charge on any atom is -0.281 e. The fourth-order valence-electron chi connectivity index (χ4n) is 3.44. The highest BCUT2D eigenvalue weighted by molar-refractivity contribution is 7.71. The van der Waals surface area contributed by atoms with Gasteiger partial charge in [0.15, 0.2) is 0 Å². The molecule has 3 aromatic rings. The van der Waals surface area contributed by atoms with Crippen LogP contribution in [0.2, 0.25) is 0 Å². The Morgan fingerprint density at radius 2 is 2.04 bits per heavy atom. The Morgan fingerprint density at radius 3 is 2.77 bits per heavy atom. The van der Waals surface area contributed by atoms with Gasteiger partial charge in [-0.05, 0) is 37.2 Å². The molecule has 5 nitrogen and oxygen atoms in total. The molecule has 0 bridgehead atoms. The summed E-state index contributed by atoms with van der Waals surface area (Å²) in [7, 11) is 0. The van der Waals surface area contributed by atoms with Crippen molar-refractivity contribution in [2.75, 3.05) is 6.54 Å². The number of fused-ring (bicyclic) bond motifs is 1. The van der Waals surface area contributed by atoms with E-state index in [2.05, 4.69) is 60.0 Å². The number of nitrogens with one attached hydrogen (secondary N) is 1. The Bertz CT molecular complexity index is 929. The molecule has 1 N–H and O–H groups in total. The lowest BCUT2D eigenvalue weighted by atomic mass is 9.96. The van der Waals surface area contributed by atoms with Crippen LogP contribution in [0.25, 0.3) is 10.2 Å². The van der Waals surface area contributed by atoms with Gasteiger partial charge in [-0.2, -0.15) is 0 Å². The second-order valence-corrected chi connectivity index (χ2v) is 9.45. The average Bonchev–Trinajstić information content (AvgIpc) is 3.19. The Balaban J connectivity index is 1.62. The van der Waals surface area contributed by atoms with Crippen molar-refractivity contribution in [1.82, 2.24) is 24.6 Å². The normalized spacial score (nSPS) is 19.3. The number of hydrogen-bond acceptors (Lipinski definition) is 5. The largest absolute Gasteiger partial charge is 0.281 e. The fourth-order valence-corrected chi connectivity index (χ4v) is 4.77. The molecule has 4 rings (SSSR count). The molecule has 0 saturated carbocycles. The van der Waals surface area contributed by atoms with Crippen LogP contribution in [0.15, 0.2) is 24.3 Å². The minimum atomic E-state index is -0.0346. The smallest absolute Gasteiger partial charge is 0.217 e. The summed E-state index contributed by atoms with van der Waals surface area (Å²) in [6.45, 7) is 8.25. The molecule has 7 heteroatoms. The van der Waals surface area contributed by atoms with E-state index in [1.54, 1.807) is 0 Å². The number of rotatable bonds is 3. The minimum absolute atomic E-state index is 0.0346. The van der Waals surface area contributed by atoms with Gasteiger partial charge in [0.25, 0.3) is 0 Å². The van der Waals surface area contributed by atoms with Gasteiger partial charge in [-0.1, -0.05) is 39.3 Å². The molecule has 1 aliphatic heterocycles. The highest BCUT2D eigenvalue weighted by Crippen LogP contribution is 2.35. The Labute approximate surface area is 163 Å². The number of piperidine rings is 1. The third kappa shape index (κ3) is 3.48. The van der Waals surface area contributed by atoms with E-state index in [9.17, 15) is 0 Å². The van der Waals surface area contributed by atoms with Gasteiger partial charge in [-0.15, -0.1) is 11.3 Å². The molecule has 0 spiro atoms. The van der Waals surface area contributed by atoms with Gasteiger partial charge >= 0.3 is 0 Å². The molecule has 26 heavy (non-hydrogen) atoms. The van der Waals surface area contributed by atoms with Crippen LogP contribution in [0.5, 0.6) is 0 Å². The Morgan fingerprint density at radius 1 is 1.23 bits per heavy atom. The van der Waals surface area contributed by atoms with E-state index >= 15 is 0 Å². The van der Waals surface area contributed by atoms with Crippen molar-refractivity contribution in [2.24, 2.45) is 0 Å². The molecule has 1 saturated heterocycles. The predicted octanol–water partition coefficient (Wildman–Crippen LogP) is 5.03. The molecule has 1 aromatic carbocycles. The first-order valence-electron chi connectivity index (χ1n) is 9.19. The van der Waals surface area contributed by atoms with Crippen molar-refractivity contribution in [3.05, 3.63) is 39.9 Å². The van der Waals surface area contributed by atoms with Crippen molar-refractivity contribution < 1.29 is 0 Å². The first kappa shape index (κ1) is 17.8. The van der Waals surface area contributed by atoms with Gasteiger partial charge in [-0.25, -0.2) is 14.6 Å². The second-order valence-electron chi connectivity index (χ2n) is 8.02. The van der Waals surface area contributed by atoms with Crippen LogP contribution in [0.3, 0.4) is 0 Å². The SMILES string of the molecule is CC(C)(C)c1nc(=S)n(CN2CCCCC2c2nc3ccccc3s2)[nH]1. The van der Waals surface area contributed by atoms with Crippen LogP contribution >= 0.6 is 23.6 Å². The third-order valence-electron chi connectivity index (χ3n) is 4.92. The van der Waals surface area contributed by atoms with Crippen LogP contribution in [0.1, 0.15) is 56.9 Å². The third-order valence-corrected chi connectivity index (χ3v) is 6.37. The van der Waals surface area contributed by atoms with Crippen LogP contribution in [0, 0.1) is 4.77 Å². The molecular weight excluding hydrogens is 362 g/mol. The zero-order chi connectivity index (χ0) is 18.3. The summed E-state index contributed by atoms with van der Waals surface area (Å²) >= 11 is 7.32. The first-order valence-corrected chi connectivity index (χ1v) is 10.4. The van der Waals surface area contributed by atoms with Crippen LogP contribution in [-0.4, -0.2) is 31.2 Å². The predicted molar refractivity (Wildman–Crippen MR) is 109 cm³/mol. The van der Waals surface area contributed by atoms with E-state index in [1.807, 2.05) is 16.0 Å². The van der Waals surface area contributed by atoms with Gasteiger partial charge in [0.05, 0.1) is 22.9 Å². The summed E-state index contributed by atoms with van der Waals surface area (Å²) in [6.07, 6.45) is 3.61. The standard InChI is InChI=1S/C19H25N5S2/c1-19(2,3)17-21-18(25)24(22-17)12-23-11-7-6-9-14(23)16-20-13-8-4-5-10-15(13)26-16/h4-5,8,10,14H,6-7,9,11-12H2,1-3H3,(H,21,22,25). The zero-order valence-corrected chi connectivity index (χ0v) is 17.2. The quantitative estimate of drug-likeness (QED) is 0.640. The molecule has 0 amide bonds. The van der Waals surface area contributed by atoms with E-state index in [4.69, 9.17) is 17.2 Å². The molecular formula is C19H25N5S2. The molecule has 1 atom stereocenters. The highest BCUT2D eigenvalue weighted by atomic mass is 32.1. The van der Waals surface area contributed by atoms with E-state index < -0.39 is 0 Å². The second kappa shape index (κ2) is 6.87. The maximum absolute atomic E-state index is 5.50. The topological polar surface area (TPSA) is 49.7 Å². The van der Waals surface area contributed by atoms with Crippen LogP contribution < -0.4 is 0 Å². The van der Waals surface area contributed by atoms with Gasteiger partial charge in [0, 0.05) is 12.0 Å². The molecule has 2 aromatic heterocycles. The van der Waals surface area contributed by atoms with Crippen molar-refractivity contribution in [3.63, 3.8) is 0 Å². The maximum atomic E-state index is 5.50. The lowest BCUT2D eigenvalue weighted by Crippen LogP contribution is -2.35. The maximum Gasteiger partial charge on any atom is 0.217 e. The van der Waals surface area contributed by atoms with E-state index in [0.717, 1.165) is 31.0 Å². The lowest BCUT2D eigenvalue weighted by molar-refractivity contribution is 0.103. The first-order chi connectivity index (χ1) is 12.4. The molecule has 1 unspecified atom stereocenters. The number of hydrogen-bond donors (Lipinski definition) is 1. The summed E-state index contributed by atoms with van der Waals surface area (Å²) < 4.78 is 3.89. The van der Waals surface area contributed by atoms with Crippen molar-refractivity contribution in [1.29, 1.82) is 0 Å². The van der Waals surface area contributed by atoms with E-state index in [1.165, 1.54) is 22.5 Å². The Hall–Kier alpha value is -1.57. The molecule has 0 radical (unpaired) electrons. The van der Waals surface area contributed by atoms with E-state index in [0.29, 0.717) is 10.8 Å².